The second-order valence-electron chi connectivity index (χ2n) is 7.05. The van der Waals surface area contributed by atoms with Crippen molar-refractivity contribution in [1.29, 1.82) is 0 Å². The normalized spacial score (nSPS) is 12.0. The van der Waals surface area contributed by atoms with Crippen molar-refractivity contribution in [1.82, 2.24) is 9.55 Å². The Labute approximate surface area is 180 Å². The van der Waals surface area contributed by atoms with Gasteiger partial charge in [-0.15, -0.1) is 0 Å². The maximum atomic E-state index is 12.9. The van der Waals surface area contributed by atoms with E-state index >= 15 is 0 Å². The monoisotopic (exact) mass is 426 g/mol. The Balaban J connectivity index is 1.81. The van der Waals surface area contributed by atoms with E-state index < -0.39 is 5.25 Å². The van der Waals surface area contributed by atoms with E-state index in [1.807, 2.05) is 55.4 Å². The predicted octanol–water partition coefficient (Wildman–Crippen LogP) is 3.23. The molecule has 0 saturated carbocycles. The van der Waals surface area contributed by atoms with Crippen LogP contribution in [-0.4, -0.2) is 48.5 Å². The SMILES string of the molecule is COCCn1c(S[C@H](C)C(=O)Nc2ccc(N(C)C)cc2)nc2ccccc2c1=O. The summed E-state index contributed by atoms with van der Waals surface area (Å²) in [4.78, 5) is 32.3. The lowest BCUT2D eigenvalue weighted by molar-refractivity contribution is -0.115. The first-order valence-corrected chi connectivity index (χ1v) is 10.5. The van der Waals surface area contributed by atoms with Gasteiger partial charge < -0.3 is 15.0 Å². The van der Waals surface area contributed by atoms with E-state index in [9.17, 15) is 9.59 Å². The molecule has 0 spiro atoms. The van der Waals surface area contributed by atoms with Gasteiger partial charge in [0.05, 0.1) is 29.3 Å². The van der Waals surface area contributed by atoms with Gasteiger partial charge in [-0.1, -0.05) is 23.9 Å². The van der Waals surface area contributed by atoms with Gasteiger partial charge in [-0.05, 0) is 43.3 Å². The third-order valence-electron chi connectivity index (χ3n) is 4.65. The number of amides is 1. The van der Waals surface area contributed by atoms with Gasteiger partial charge >= 0.3 is 0 Å². The zero-order valence-electron chi connectivity index (χ0n) is 17.6. The average Bonchev–Trinajstić information content (AvgIpc) is 2.74. The number of benzene rings is 2. The maximum Gasteiger partial charge on any atom is 0.262 e. The largest absolute Gasteiger partial charge is 0.383 e. The molecule has 0 aliphatic carbocycles. The van der Waals surface area contributed by atoms with E-state index in [2.05, 4.69) is 10.3 Å². The molecule has 2 aromatic carbocycles. The molecular weight excluding hydrogens is 400 g/mol. The quantitative estimate of drug-likeness (QED) is 0.440. The van der Waals surface area contributed by atoms with Gasteiger partial charge in [-0.25, -0.2) is 4.98 Å². The molecule has 3 rings (SSSR count). The number of ether oxygens (including phenoxy) is 1. The summed E-state index contributed by atoms with van der Waals surface area (Å²) in [5.74, 6) is -0.154. The van der Waals surface area contributed by atoms with Gasteiger partial charge in [-0.2, -0.15) is 0 Å². The van der Waals surface area contributed by atoms with Crippen LogP contribution in [0, 0.1) is 0 Å². The van der Waals surface area contributed by atoms with Crippen molar-refractivity contribution >= 4 is 39.9 Å². The molecule has 3 aromatic rings. The summed E-state index contributed by atoms with van der Waals surface area (Å²) in [5, 5.41) is 3.53. The fourth-order valence-electron chi connectivity index (χ4n) is 2.92. The molecule has 30 heavy (non-hydrogen) atoms. The molecule has 7 nitrogen and oxygen atoms in total. The van der Waals surface area contributed by atoms with Crippen LogP contribution in [0.4, 0.5) is 11.4 Å². The number of carbonyl (C=O) groups is 1. The highest BCUT2D eigenvalue weighted by molar-refractivity contribution is 8.00. The summed E-state index contributed by atoms with van der Waals surface area (Å²) in [6.45, 7) is 2.55. The molecule has 1 atom stereocenters. The van der Waals surface area contributed by atoms with Crippen LogP contribution < -0.4 is 15.8 Å². The topological polar surface area (TPSA) is 76.5 Å². The fraction of sp³-hybridized carbons (Fsp3) is 0.318. The number of fused-ring (bicyclic) bond motifs is 1. The van der Waals surface area contributed by atoms with Gasteiger partial charge in [0.25, 0.3) is 5.56 Å². The second-order valence-corrected chi connectivity index (χ2v) is 8.36. The number of thioether (sulfide) groups is 1. The molecule has 1 aromatic heterocycles. The van der Waals surface area contributed by atoms with Crippen molar-refractivity contribution < 1.29 is 9.53 Å². The van der Waals surface area contributed by atoms with Gasteiger partial charge in [-0.3, -0.25) is 14.2 Å². The molecular formula is C22H26N4O3S. The highest BCUT2D eigenvalue weighted by Gasteiger charge is 2.19. The second kappa shape index (κ2) is 9.77. The van der Waals surface area contributed by atoms with Crippen molar-refractivity contribution in [3.05, 3.63) is 58.9 Å². The van der Waals surface area contributed by atoms with Gasteiger partial charge in [0.2, 0.25) is 5.91 Å². The average molecular weight is 427 g/mol. The number of anilines is 2. The Morgan fingerprint density at radius 2 is 1.90 bits per heavy atom. The standard InChI is InChI=1S/C22H26N4O3S/c1-15(20(27)23-16-9-11-17(12-10-16)25(2)3)30-22-24-19-8-6-5-7-18(19)21(28)26(22)13-14-29-4/h5-12,15H,13-14H2,1-4H3,(H,23,27)/t15-/m1/s1. The summed E-state index contributed by atoms with van der Waals surface area (Å²) in [6.07, 6.45) is 0. The smallest absolute Gasteiger partial charge is 0.262 e. The number of methoxy groups -OCH3 is 1. The van der Waals surface area contributed by atoms with Crippen LogP contribution in [0.2, 0.25) is 0 Å². The lowest BCUT2D eigenvalue weighted by Gasteiger charge is -2.17. The Morgan fingerprint density at radius 3 is 2.57 bits per heavy atom. The van der Waals surface area contributed by atoms with E-state index in [1.54, 1.807) is 30.7 Å². The van der Waals surface area contributed by atoms with Gasteiger partial charge in [0.1, 0.15) is 0 Å². The molecule has 0 aliphatic heterocycles. The van der Waals surface area contributed by atoms with Crippen molar-refractivity contribution in [3.63, 3.8) is 0 Å². The first-order valence-electron chi connectivity index (χ1n) is 9.64. The Kier molecular flexibility index (Phi) is 7.12. The maximum absolute atomic E-state index is 12.9. The zero-order valence-corrected chi connectivity index (χ0v) is 18.4. The van der Waals surface area contributed by atoms with Crippen molar-refractivity contribution in [2.45, 2.75) is 23.9 Å². The van der Waals surface area contributed by atoms with Crippen LogP contribution in [0.5, 0.6) is 0 Å². The minimum Gasteiger partial charge on any atom is -0.383 e. The number of aromatic nitrogens is 2. The van der Waals surface area contributed by atoms with E-state index in [0.717, 1.165) is 11.4 Å². The molecule has 1 heterocycles. The van der Waals surface area contributed by atoms with Crippen LogP contribution in [0.25, 0.3) is 10.9 Å². The summed E-state index contributed by atoms with van der Waals surface area (Å²) in [7, 11) is 5.52. The molecule has 158 valence electrons. The molecule has 0 bridgehead atoms. The first-order chi connectivity index (χ1) is 14.4. The molecule has 0 unspecified atom stereocenters. The Morgan fingerprint density at radius 1 is 1.20 bits per heavy atom. The highest BCUT2D eigenvalue weighted by atomic mass is 32.2. The number of rotatable bonds is 8. The number of hydrogen-bond acceptors (Lipinski definition) is 6. The first kappa shape index (κ1) is 21.9. The number of carbonyl (C=O) groups excluding carboxylic acids is 1. The molecule has 0 saturated heterocycles. The van der Waals surface area contributed by atoms with Gasteiger partial charge in [0, 0.05) is 32.6 Å². The van der Waals surface area contributed by atoms with E-state index in [-0.39, 0.29) is 11.5 Å². The number of hydrogen-bond donors (Lipinski definition) is 1. The lowest BCUT2D eigenvalue weighted by Crippen LogP contribution is -2.28. The van der Waals surface area contributed by atoms with Gasteiger partial charge in [0.15, 0.2) is 5.16 Å². The van der Waals surface area contributed by atoms with Crippen molar-refractivity contribution in [2.75, 3.05) is 38.0 Å². The third-order valence-corrected chi connectivity index (χ3v) is 5.74. The summed E-state index contributed by atoms with van der Waals surface area (Å²) >= 11 is 1.26. The molecule has 0 aliphatic rings. The highest BCUT2D eigenvalue weighted by Crippen LogP contribution is 2.24. The Bertz CT molecular complexity index is 1080. The van der Waals surface area contributed by atoms with Crippen LogP contribution in [0.15, 0.2) is 58.5 Å². The Hall–Kier alpha value is -2.84. The molecule has 0 radical (unpaired) electrons. The number of nitrogens with zero attached hydrogens (tertiary/aromatic N) is 3. The molecule has 1 N–H and O–H groups in total. The van der Waals surface area contributed by atoms with E-state index in [1.165, 1.54) is 11.8 Å². The number of nitrogens with one attached hydrogen (secondary N) is 1. The summed E-state index contributed by atoms with van der Waals surface area (Å²) < 4.78 is 6.72. The minimum atomic E-state index is -0.444. The molecule has 0 fully saturated rings. The summed E-state index contributed by atoms with van der Waals surface area (Å²) in [5.41, 5.74) is 2.26. The van der Waals surface area contributed by atoms with Crippen molar-refractivity contribution in [3.8, 4) is 0 Å². The summed E-state index contributed by atoms with van der Waals surface area (Å²) in [6, 6.07) is 14.9. The van der Waals surface area contributed by atoms with Crippen LogP contribution in [0.3, 0.4) is 0 Å². The third kappa shape index (κ3) is 5.01. The molecule has 1 amide bonds. The predicted molar refractivity (Wildman–Crippen MR) is 123 cm³/mol. The van der Waals surface area contributed by atoms with Crippen LogP contribution in [0.1, 0.15) is 6.92 Å². The minimum absolute atomic E-state index is 0.132. The molecule has 8 heteroatoms. The lowest BCUT2D eigenvalue weighted by atomic mass is 10.2. The van der Waals surface area contributed by atoms with Crippen LogP contribution >= 0.6 is 11.8 Å². The number of para-hydroxylation sites is 1. The van der Waals surface area contributed by atoms with Crippen LogP contribution in [-0.2, 0) is 16.1 Å². The fourth-order valence-corrected chi connectivity index (χ4v) is 3.85. The zero-order chi connectivity index (χ0) is 21.7. The van der Waals surface area contributed by atoms with E-state index in [0.29, 0.717) is 29.2 Å². The van der Waals surface area contributed by atoms with E-state index in [4.69, 9.17) is 4.74 Å². The van der Waals surface area contributed by atoms with Crippen molar-refractivity contribution in [2.24, 2.45) is 0 Å².